The Balaban J connectivity index is 3.22. The number of anilines is 1. The molecule has 1 heterocycles. The van der Waals surface area contributed by atoms with Gasteiger partial charge in [0, 0.05) is 17.2 Å². The lowest BCUT2D eigenvalue weighted by Crippen LogP contribution is -2.38. The Bertz CT molecular complexity index is 536. The first-order chi connectivity index (χ1) is 9.67. The molecule has 0 atom stereocenters. The second-order valence-electron chi connectivity index (χ2n) is 5.87. The van der Waals surface area contributed by atoms with E-state index in [0.717, 1.165) is 21.4 Å². The average molecular weight is 355 g/mol. The average Bonchev–Trinajstić information content (AvgIpc) is 2.36. The van der Waals surface area contributed by atoms with Gasteiger partial charge in [-0.3, -0.25) is 9.88 Å². The number of ether oxygens (including phenoxy) is 1. The minimum atomic E-state index is -0.537. The summed E-state index contributed by atoms with van der Waals surface area (Å²) in [5.41, 5.74) is 2.02. The normalized spacial score (nSPS) is 11.1. The standard InChI is InChI=1S/C16H23BrN2O2/c1-7-8-9-19(15(20)21-16(4,5)6)14-11(2)13(17)10-18-12(14)3/h7,10H,1,8-9H2,2-6H3. The molecule has 1 rings (SSSR count). The molecular weight excluding hydrogens is 332 g/mol. The maximum Gasteiger partial charge on any atom is 0.414 e. The lowest BCUT2D eigenvalue weighted by molar-refractivity contribution is 0.0580. The number of nitrogens with zero attached hydrogens (tertiary/aromatic N) is 2. The molecule has 5 heteroatoms. The first-order valence-electron chi connectivity index (χ1n) is 6.90. The summed E-state index contributed by atoms with van der Waals surface area (Å²) in [6.45, 7) is 13.6. The van der Waals surface area contributed by atoms with Gasteiger partial charge in [-0.15, -0.1) is 6.58 Å². The third kappa shape index (κ3) is 4.84. The summed E-state index contributed by atoms with van der Waals surface area (Å²) in [4.78, 5) is 18.5. The van der Waals surface area contributed by atoms with E-state index in [1.807, 2.05) is 34.6 Å². The number of carbonyl (C=O) groups excluding carboxylic acids is 1. The Kier molecular flexibility index (Phi) is 5.96. The van der Waals surface area contributed by atoms with Gasteiger partial charge in [0.25, 0.3) is 0 Å². The van der Waals surface area contributed by atoms with E-state index >= 15 is 0 Å². The summed E-state index contributed by atoms with van der Waals surface area (Å²) in [7, 11) is 0. The van der Waals surface area contributed by atoms with Crippen molar-refractivity contribution in [3.05, 3.63) is 34.6 Å². The van der Waals surface area contributed by atoms with Gasteiger partial charge >= 0.3 is 6.09 Å². The molecule has 0 fully saturated rings. The fourth-order valence-corrected chi connectivity index (χ4v) is 2.22. The van der Waals surface area contributed by atoms with Crippen molar-refractivity contribution in [1.29, 1.82) is 0 Å². The van der Waals surface area contributed by atoms with Crippen molar-refractivity contribution >= 4 is 27.7 Å². The SMILES string of the molecule is C=CCCN(C(=O)OC(C)(C)C)c1c(C)ncc(Br)c1C. The van der Waals surface area contributed by atoms with Crippen molar-refractivity contribution in [2.24, 2.45) is 0 Å². The smallest absolute Gasteiger partial charge is 0.414 e. The van der Waals surface area contributed by atoms with Gasteiger partial charge in [-0.1, -0.05) is 6.08 Å². The van der Waals surface area contributed by atoms with Crippen LogP contribution in [-0.4, -0.2) is 23.2 Å². The molecule has 0 N–H and O–H groups in total. The maximum absolute atomic E-state index is 12.5. The molecule has 1 amide bonds. The van der Waals surface area contributed by atoms with Crippen molar-refractivity contribution in [3.63, 3.8) is 0 Å². The molecule has 0 saturated heterocycles. The summed E-state index contributed by atoms with van der Waals surface area (Å²) >= 11 is 3.47. The van der Waals surface area contributed by atoms with Gasteiger partial charge in [0.1, 0.15) is 5.60 Å². The van der Waals surface area contributed by atoms with Crippen LogP contribution >= 0.6 is 15.9 Å². The number of rotatable bonds is 4. The van der Waals surface area contributed by atoms with Crippen LogP contribution in [0.2, 0.25) is 0 Å². The molecule has 0 aliphatic heterocycles. The molecule has 4 nitrogen and oxygen atoms in total. The summed E-state index contributed by atoms with van der Waals surface area (Å²) in [6.07, 6.45) is 3.85. The summed E-state index contributed by atoms with van der Waals surface area (Å²) in [5.74, 6) is 0. The van der Waals surface area contributed by atoms with E-state index in [4.69, 9.17) is 4.74 Å². The summed E-state index contributed by atoms with van der Waals surface area (Å²) in [6, 6.07) is 0. The van der Waals surface area contributed by atoms with Crippen molar-refractivity contribution in [2.45, 2.75) is 46.6 Å². The molecule has 0 bridgehead atoms. The molecule has 21 heavy (non-hydrogen) atoms. The first-order valence-corrected chi connectivity index (χ1v) is 7.69. The van der Waals surface area contributed by atoms with Gasteiger partial charge in [0.05, 0.1) is 11.4 Å². The van der Waals surface area contributed by atoms with Crippen LogP contribution in [0.3, 0.4) is 0 Å². The van der Waals surface area contributed by atoms with Crippen LogP contribution in [0.25, 0.3) is 0 Å². The predicted octanol–water partition coefficient (Wildman–Crippen LogP) is 4.78. The van der Waals surface area contributed by atoms with Crippen LogP contribution in [-0.2, 0) is 4.74 Å². The van der Waals surface area contributed by atoms with E-state index in [1.54, 1.807) is 17.2 Å². The van der Waals surface area contributed by atoms with Crippen molar-refractivity contribution in [1.82, 2.24) is 4.98 Å². The van der Waals surface area contributed by atoms with Crippen LogP contribution in [0.4, 0.5) is 10.5 Å². The van der Waals surface area contributed by atoms with Crippen molar-refractivity contribution in [2.75, 3.05) is 11.4 Å². The van der Waals surface area contributed by atoms with Crippen LogP contribution in [0.1, 0.15) is 38.4 Å². The fraction of sp³-hybridized carbons (Fsp3) is 0.500. The topological polar surface area (TPSA) is 42.4 Å². The highest BCUT2D eigenvalue weighted by atomic mass is 79.9. The number of aryl methyl sites for hydroxylation is 1. The molecule has 0 aliphatic carbocycles. The summed E-state index contributed by atoms with van der Waals surface area (Å²) < 4.78 is 6.38. The molecular formula is C16H23BrN2O2. The maximum atomic E-state index is 12.5. The number of hydrogen-bond donors (Lipinski definition) is 0. The number of halogens is 1. The number of aromatic nitrogens is 1. The molecule has 1 aromatic heterocycles. The zero-order valence-electron chi connectivity index (χ0n) is 13.4. The van der Waals surface area contributed by atoms with E-state index in [2.05, 4.69) is 27.5 Å². The monoisotopic (exact) mass is 354 g/mol. The number of amides is 1. The van der Waals surface area contributed by atoms with E-state index in [9.17, 15) is 4.79 Å². The highest BCUT2D eigenvalue weighted by molar-refractivity contribution is 9.10. The highest BCUT2D eigenvalue weighted by Crippen LogP contribution is 2.30. The van der Waals surface area contributed by atoms with Gasteiger partial charge in [0.15, 0.2) is 0 Å². The van der Waals surface area contributed by atoms with E-state index in [-0.39, 0.29) is 6.09 Å². The molecule has 0 saturated carbocycles. The fourth-order valence-electron chi connectivity index (χ4n) is 1.93. The Morgan fingerprint density at radius 2 is 2.10 bits per heavy atom. The Labute approximate surface area is 135 Å². The van der Waals surface area contributed by atoms with E-state index < -0.39 is 5.60 Å². The Hall–Kier alpha value is -1.36. The zero-order valence-corrected chi connectivity index (χ0v) is 15.0. The second-order valence-corrected chi connectivity index (χ2v) is 6.73. The predicted molar refractivity (Wildman–Crippen MR) is 89.8 cm³/mol. The first kappa shape index (κ1) is 17.7. The molecule has 116 valence electrons. The number of pyridine rings is 1. The van der Waals surface area contributed by atoms with Crippen LogP contribution < -0.4 is 4.90 Å². The second kappa shape index (κ2) is 7.07. The van der Waals surface area contributed by atoms with Gasteiger partial charge in [-0.25, -0.2) is 4.79 Å². The molecule has 0 aliphatic rings. The van der Waals surface area contributed by atoms with Gasteiger partial charge < -0.3 is 4.74 Å². The number of hydrogen-bond acceptors (Lipinski definition) is 3. The quantitative estimate of drug-likeness (QED) is 0.730. The largest absolute Gasteiger partial charge is 0.443 e. The van der Waals surface area contributed by atoms with Crippen molar-refractivity contribution < 1.29 is 9.53 Å². The molecule has 1 aromatic rings. The van der Waals surface area contributed by atoms with E-state index in [0.29, 0.717) is 13.0 Å². The Morgan fingerprint density at radius 3 is 2.62 bits per heavy atom. The number of carbonyl (C=O) groups is 1. The Morgan fingerprint density at radius 1 is 1.48 bits per heavy atom. The molecule has 0 spiro atoms. The van der Waals surface area contributed by atoms with Crippen LogP contribution in [0, 0.1) is 13.8 Å². The van der Waals surface area contributed by atoms with Crippen LogP contribution in [0.15, 0.2) is 23.3 Å². The van der Waals surface area contributed by atoms with Gasteiger partial charge in [-0.05, 0) is 62.5 Å². The summed E-state index contributed by atoms with van der Waals surface area (Å²) in [5, 5.41) is 0. The minimum absolute atomic E-state index is 0.365. The van der Waals surface area contributed by atoms with E-state index in [1.165, 1.54) is 0 Å². The van der Waals surface area contributed by atoms with Crippen molar-refractivity contribution in [3.8, 4) is 0 Å². The van der Waals surface area contributed by atoms with Gasteiger partial charge in [0.2, 0.25) is 0 Å². The highest BCUT2D eigenvalue weighted by Gasteiger charge is 2.26. The molecule has 0 aromatic carbocycles. The molecule has 0 radical (unpaired) electrons. The van der Waals surface area contributed by atoms with Crippen LogP contribution in [0.5, 0.6) is 0 Å². The lowest BCUT2D eigenvalue weighted by Gasteiger charge is -2.29. The lowest BCUT2D eigenvalue weighted by atomic mass is 10.1. The minimum Gasteiger partial charge on any atom is -0.443 e. The third-order valence-corrected chi connectivity index (χ3v) is 3.67. The third-order valence-electron chi connectivity index (χ3n) is 2.87. The zero-order chi connectivity index (χ0) is 16.2. The molecule has 0 unspecified atom stereocenters. The van der Waals surface area contributed by atoms with Gasteiger partial charge in [-0.2, -0.15) is 0 Å².